The Morgan fingerprint density at radius 1 is 1.12 bits per heavy atom. The quantitative estimate of drug-likeness (QED) is 0.753. The topological polar surface area (TPSA) is 38.8 Å². The van der Waals surface area contributed by atoms with Crippen molar-refractivity contribution < 1.29 is 14.3 Å². The highest BCUT2D eigenvalue weighted by molar-refractivity contribution is 6.30. The van der Waals surface area contributed by atoms with Crippen LogP contribution >= 0.6 is 11.6 Å². The van der Waals surface area contributed by atoms with Crippen LogP contribution in [0.1, 0.15) is 37.3 Å². The summed E-state index contributed by atoms with van der Waals surface area (Å²) in [6.45, 7) is 6.71. The zero-order valence-electron chi connectivity index (χ0n) is 14.7. The van der Waals surface area contributed by atoms with E-state index in [1.54, 1.807) is 4.90 Å². The Hall–Kier alpha value is -2.20. The molecule has 0 spiro atoms. The number of carbonyl (C=O) groups is 1. The first kappa shape index (κ1) is 17.6. The van der Waals surface area contributed by atoms with E-state index >= 15 is 0 Å². The first-order valence-electron chi connectivity index (χ1n) is 8.25. The van der Waals surface area contributed by atoms with Crippen molar-refractivity contribution in [1.29, 1.82) is 0 Å². The number of hydrogen-bond acceptors (Lipinski definition) is 3. The van der Waals surface area contributed by atoms with Gasteiger partial charge in [0.15, 0.2) is 11.5 Å². The van der Waals surface area contributed by atoms with Gasteiger partial charge in [-0.05, 0) is 44.0 Å². The molecule has 132 valence electrons. The number of fused-ring (bicyclic) bond motifs is 1. The Kier molecular flexibility index (Phi) is 4.91. The lowest BCUT2D eigenvalue weighted by Crippen LogP contribution is -2.46. The molecule has 1 heterocycles. The molecule has 0 fully saturated rings. The minimum absolute atomic E-state index is 0.113. The molecule has 1 aliphatic heterocycles. The summed E-state index contributed by atoms with van der Waals surface area (Å²) < 4.78 is 10.8. The molecule has 0 saturated heterocycles. The first-order chi connectivity index (χ1) is 11.9. The van der Waals surface area contributed by atoms with Crippen LogP contribution in [-0.4, -0.2) is 23.1 Å². The summed E-state index contributed by atoms with van der Waals surface area (Å²) in [5, 5.41) is -0.713. The fraction of sp³-hybridized carbons (Fsp3) is 0.350. The largest absolute Gasteiger partial charge is 0.454 e. The summed E-state index contributed by atoms with van der Waals surface area (Å²) in [6.07, 6.45) is 0. The van der Waals surface area contributed by atoms with Crippen molar-refractivity contribution in [1.82, 2.24) is 4.90 Å². The van der Waals surface area contributed by atoms with E-state index in [0.717, 1.165) is 16.9 Å². The standard InChI is InChI=1S/C20H22ClNO3/c1-20(2,3)22(19(23)18(21)15-7-5-4-6-8-15)12-14-9-10-16-17(11-14)25-13-24-16/h4-11,18H,12-13H2,1-3H3. The first-order valence-corrected chi connectivity index (χ1v) is 8.69. The lowest BCUT2D eigenvalue weighted by Gasteiger charge is -2.37. The van der Waals surface area contributed by atoms with Gasteiger partial charge in [0.05, 0.1) is 0 Å². The Morgan fingerprint density at radius 3 is 2.48 bits per heavy atom. The molecule has 4 nitrogen and oxygen atoms in total. The van der Waals surface area contributed by atoms with Gasteiger partial charge in [-0.3, -0.25) is 4.79 Å². The maximum atomic E-state index is 13.1. The zero-order valence-corrected chi connectivity index (χ0v) is 15.4. The van der Waals surface area contributed by atoms with Gasteiger partial charge in [0.1, 0.15) is 5.38 Å². The summed E-state index contributed by atoms with van der Waals surface area (Å²) in [5.41, 5.74) is 1.41. The third-order valence-electron chi connectivity index (χ3n) is 4.16. The van der Waals surface area contributed by atoms with Gasteiger partial charge in [0.2, 0.25) is 12.7 Å². The van der Waals surface area contributed by atoms with E-state index in [2.05, 4.69) is 0 Å². The number of amides is 1. The smallest absolute Gasteiger partial charge is 0.245 e. The van der Waals surface area contributed by atoms with Crippen LogP contribution in [0.2, 0.25) is 0 Å². The number of rotatable bonds is 4. The number of alkyl halides is 1. The average molecular weight is 360 g/mol. The van der Waals surface area contributed by atoms with Gasteiger partial charge < -0.3 is 14.4 Å². The highest BCUT2D eigenvalue weighted by atomic mass is 35.5. The molecule has 0 aliphatic carbocycles. The number of benzene rings is 2. The molecule has 1 amide bonds. The molecule has 2 aromatic carbocycles. The summed E-state index contributed by atoms with van der Waals surface area (Å²) in [6, 6.07) is 15.2. The van der Waals surface area contributed by atoms with Crippen molar-refractivity contribution in [3.8, 4) is 11.5 Å². The van der Waals surface area contributed by atoms with Crippen LogP contribution in [0, 0.1) is 0 Å². The molecule has 0 N–H and O–H groups in total. The van der Waals surface area contributed by atoms with Crippen molar-refractivity contribution in [3.05, 3.63) is 59.7 Å². The molecule has 1 aliphatic rings. The van der Waals surface area contributed by atoms with Gasteiger partial charge in [-0.1, -0.05) is 36.4 Å². The highest BCUT2D eigenvalue weighted by Gasteiger charge is 2.32. The van der Waals surface area contributed by atoms with Crippen LogP contribution in [0.3, 0.4) is 0 Å². The maximum absolute atomic E-state index is 13.1. The lowest BCUT2D eigenvalue weighted by atomic mass is 10.0. The van der Waals surface area contributed by atoms with Crippen LogP contribution in [0.15, 0.2) is 48.5 Å². The minimum Gasteiger partial charge on any atom is -0.454 e. The molecule has 1 unspecified atom stereocenters. The molecule has 0 bridgehead atoms. The van der Waals surface area contributed by atoms with Gasteiger partial charge in [0, 0.05) is 12.1 Å². The van der Waals surface area contributed by atoms with Crippen LogP contribution in [-0.2, 0) is 11.3 Å². The summed E-state index contributed by atoms with van der Waals surface area (Å²) in [4.78, 5) is 14.9. The number of halogens is 1. The predicted octanol–water partition coefficient (Wildman–Crippen LogP) is 4.52. The van der Waals surface area contributed by atoms with Crippen molar-refractivity contribution in [2.75, 3.05) is 6.79 Å². The van der Waals surface area contributed by atoms with Gasteiger partial charge in [-0.15, -0.1) is 11.6 Å². The molecular weight excluding hydrogens is 338 g/mol. The van der Waals surface area contributed by atoms with Crippen molar-refractivity contribution in [3.63, 3.8) is 0 Å². The van der Waals surface area contributed by atoms with Crippen molar-refractivity contribution >= 4 is 17.5 Å². The summed E-state index contributed by atoms with van der Waals surface area (Å²) >= 11 is 6.48. The van der Waals surface area contributed by atoms with E-state index in [1.165, 1.54) is 0 Å². The second-order valence-electron chi connectivity index (χ2n) is 7.06. The molecule has 0 saturated carbocycles. The third kappa shape index (κ3) is 3.90. The Balaban J connectivity index is 1.84. The van der Waals surface area contributed by atoms with Gasteiger partial charge in [-0.25, -0.2) is 0 Å². The lowest BCUT2D eigenvalue weighted by molar-refractivity contribution is -0.136. The molecule has 5 heteroatoms. The van der Waals surface area contributed by atoms with E-state index in [-0.39, 0.29) is 18.2 Å². The molecule has 25 heavy (non-hydrogen) atoms. The second kappa shape index (κ2) is 6.96. The highest BCUT2D eigenvalue weighted by Crippen LogP contribution is 2.34. The fourth-order valence-electron chi connectivity index (χ4n) is 2.77. The van der Waals surface area contributed by atoms with E-state index in [0.29, 0.717) is 12.3 Å². The predicted molar refractivity (Wildman–Crippen MR) is 97.9 cm³/mol. The van der Waals surface area contributed by atoms with Crippen LogP contribution in [0.5, 0.6) is 11.5 Å². The Labute approximate surface area is 153 Å². The molecule has 1 atom stereocenters. The van der Waals surface area contributed by atoms with Gasteiger partial charge in [0.25, 0.3) is 0 Å². The molecule has 0 aromatic heterocycles. The summed E-state index contributed by atoms with van der Waals surface area (Å²) in [5.74, 6) is 1.33. The van der Waals surface area contributed by atoms with Gasteiger partial charge in [-0.2, -0.15) is 0 Å². The number of carbonyl (C=O) groups excluding carboxylic acids is 1. The normalized spacial score (nSPS) is 14.2. The van der Waals surface area contributed by atoms with E-state index in [1.807, 2.05) is 69.3 Å². The molecule has 3 rings (SSSR count). The second-order valence-corrected chi connectivity index (χ2v) is 7.49. The monoisotopic (exact) mass is 359 g/mol. The van der Waals surface area contributed by atoms with Crippen LogP contribution in [0.25, 0.3) is 0 Å². The zero-order chi connectivity index (χ0) is 18.0. The van der Waals surface area contributed by atoms with E-state index < -0.39 is 5.38 Å². The molecule has 2 aromatic rings. The Morgan fingerprint density at radius 2 is 1.80 bits per heavy atom. The average Bonchev–Trinajstić information content (AvgIpc) is 3.06. The van der Waals surface area contributed by atoms with E-state index in [4.69, 9.17) is 21.1 Å². The SMILES string of the molecule is CC(C)(C)N(Cc1ccc2c(c1)OCO2)C(=O)C(Cl)c1ccccc1. The third-order valence-corrected chi connectivity index (χ3v) is 4.60. The van der Waals surface area contributed by atoms with Gasteiger partial charge >= 0.3 is 0 Å². The van der Waals surface area contributed by atoms with E-state index in [9.17, 15) is 4.79 Å². The minimum atomic E-state index is -0.713. The van der Waals surface area contributed by atoms with Crippen LogP contribution in [0.4, 0.5) is 0 Å². The van der Waals surface area contributed by atoms with Crippen molar-refractivity contribution in [2.24, 2.45) is 0 Å². The fourth-order valence-corrected chi connectivity index (χ4v) is 3.03. The summed E-state index contributed by atoms with van der Waals surface area (Å²) in [7, 11) is 0. The molecular formula is C20H22ClNO3. The van der Waals surface area contributed by atoms with Crippen LogP contribution < -0.4 is 9.47 Å². The number of ether oxygens (including phenoxy) is 2. The maximum Gasteiger partial charge on any atom is 0.245 e. The Bertz CT molecular complexity index is 755. The van der Waals surface area contributed by atoms with Crippen molar-refractivity contribution in [2.45, 2.75) is 38.2 Å². The number of nitrogens with zero attached hydrogens (tertiary/aromatic N) is 1. The molecule has 0 radical (unpaired) electrons. The number of hydrogen-bond donors (Lipinski definition) is 0.